The van der Waals surface area contributed by atoms with Crippen molar-refractivity contribution < 1.29 is 19.1 Å². The van der Waals surface area contributed by atoms with Crippen LogP contribution in [0.15, 0.2) is 54.6 Å². The quantitative estimate of drug-likeness (QED) is 0.519. The number of nitrogens with one attached hydrogen (secondary N) is 1. The van der Waals surface area contributed by atoms with E-state index in [0.29, 0.717) is 30.0 Å². The maximum absolute atomic E-state index is 12.6. The van der Waals surface area contributed by atoms with Gasteiger partial charge in [0.2, 0.25) is 5.91 Å². The molecule has 1 N–H and O–H groups in total. The number of nitrogens with zero attached hydrogens (tertiary/aromatic N) is 1. The SMILES string of the molecule is Cc1ccc(CCC(=O)NCCOC(=O)[C@@H]2CSCN2C(=O)c2ccccc2)cc1. The van der Waals surface area contributed by atoms with Gasteiger partial charge in [-0.15, -0.1) is 11.8 Å². The van der Waals surface area contributed by atoms with Crippen LogP contribution in [0.5, 0.6) is 0 Å². The highest BCUT2D eigenvalue weighted by Gasteiger charge is 2.36. The molecule has 2 amide bonds. The molecule has 1 heterocycles. The third kappa shape index (κ3) is 6.10. The summed E-state index contributed by atoms with van der Waals surface area (Å²) in [5.41, 5.74) is 2.86. The van der Waals surface area contributed by atoms with Crippen LogP contribution in [0.1, 0.15) is 27.9 Å². The zero-order valence-electron chi connectivity index (χ0n) is 17.0. The monoisotopic (exact) mass is 426 g/mol. The minimum Gasteiger partial charge on any atom is -0.462 e. The Labute approximate surface area is 181 Å². The normalized spacial score (nSPS) is 15.6. The molecule has 0 radical (unpaired) electrons. The van der Waals surface area contributed by atoms with Gasteiger partial charge in [-0.1, -0.05) is 48.0 Å². The summed E-state index contributed by atoms with van der Waals surface area (Å²) in [6, 6.07) is 16.4. The standard InChI is InChI=1S/C23H26N2O4S/c1-17-7-9-18(10-8-17)11-12-21(26)24-13-14-29-23(28)20-15-30-16-25(20)22(27)19-5-3-2-4-6-19/h2-10,20H,11-16H2,1H3,(H,24,26)/t20-/m0/s1. The molecule has 3 rings (SSSR count). The summed E-state index contributed by atoms with van der Waals surface area (Å²) in [4.78, 5) is 38.6. The third-order valence-electron chi connectivity index (χ3n) is 4.87. The molecule has 0 bridgehead atoms. The van der Waals surface area contributed by atoms with Crippen molar-refractivity contribution in [1.82, 2.24) is 10.2 Å². The number of rotatable bonds is 8. The lowest BCUT2D eigenvalue weighted by atomic mass is 10.1. The molecule has 0 aromatic heterocycles. The highest BCUT2D eigenvalue weighted by Crippen LogP contribution is 2.24. The summed E-state index contributed by atoms with van der Waals surface area (Å²) in [7, 11) is 0. The van der Waals surface area contributed by atoms with Crippen LogP contribution in [0.3, 0.4) is 0 Å². The van der Waals surface area contributed by atoms with E-state index in [1.165, 1.54) is 17.3 Å². The number of benzene rings is 2. The first kappa shape index (κ1) is 21.9. The van der Waals surface area contributed by atoms with Crippen molar-refractivity contribution in [2.75, 3.05) is 24.8 Å². The lowest BCUT2D eigenvalue weighted by Crippen LogP contribution is -2.43. The van der Waals surface area contributed by atoms with Crippen LogP contribution in [-0.4, -0.2) is 53.5 Å². The number of hydrogen-bond acceptors (Lipinski definition) is 5. The van der Waals surface area contributed by atoms with Crippen LogP contribution in [0.2, 0.25) is 0 Å². The van der Waals surface area contributed by atoms with Gasteiger partial charge in [0.05, 0.1) is 12.4 Å². The second-order valence-corrected chi connectivity index (χ2v) is 8.16. The van der Waals surface area contributed by atoms with E-state index >= 15 is 0 Å². The van der Waals surface area contributed by atoms with Gasteiger partial charge in [-0.2, -0.15) is 0 Å². The average molecular weight is 427 g/mol. The first-order valence-corrected chi connectivity index (χ1v) is 11.1. The number of esters is 1. The molecule has 1 saturated heterocycles. The fourth-order valence-corrected chi connectivity index (χ4v) is 4.26. The Morgan fingerprint density at radius 2 is 1.83 bits per heavy atom. The first-order valence-electron chi connectivity index (χ1n) is 9.97. The van der Waals surface area contributed by atoms with Crippen molar-refractivity contribution in [3.8, 4) is 0 Å². The predicted molar refractivity (Wildman–Crippen MR) is 117 cm³/mol. The Morgan fingerprint density at radius 3 is 2.57 bits per heavy atom. The minimum absolute atomic E-state index is 0.0797. The topological polar surface area (TPSA) is 75.7 Å². The Hall–Kier alpha value is -2.80. The predicted octanol–water partition coefficient (Wildman–Crippen LogP) is 2.80. The van der Waals surface area contributed by atoms with Crippen LogP contribution in [0, 0.1) is 6.92 Å². The summed E-state index contributed by atoms with van der Waals surface area (Å²) < 4.78 is 5.31. The zero-order valence-corrected chi connectivity index (χ0v) is 17.8. The number of carbonyl (C=O) groups excluding carboxylic acids is 3. The van der Waals surface area contributed by atoms with Gasteiger partial charge in [0.25, 0.3) is 5.91 Å². The van der Waals surface area contributed by atoms with Crippen molar-refractivity contribution in [3.63, 3.8) is 0 Å². The second-order valence-electron chi connectivity index (χ2n) is 7.16. The van der Waals surface area contributed by atoms with E-state index in [9.17, 15) is 14.4 Å². The van der Waals surface area contributed by atoms with E-state index in [1.807, 2.05) is 37.3 Å². The molecule has 2 aromatic rings. The molecule has 1 atom stereocenters. The highest BCUT2D eigenvalue weighted by atomic mass is 32.2. The molecule has 158 valence electrons. The van der Waals surface area contributed by atoms with E-state index in [2.05, 4.69) is 5.32 Å². The van der Waals surface area contributed by atoms with Crippen LogP contribution < -0.4 is 5.32 Å². The van der Waals surface area contributed by atoms with Crippen molar-refractivity contribution in [1.29, 1.82) is 0 Å². The largest absolute Gasteiger partial charge is 0.462 e. The van der Waals surface area contributed by atoms with Gasteiger partial charge in [0.15, 0.2) is 0 Å². The van der Waals surface area contributed by atoms with Crippen LogP contribution >= 0.6 is 11.8 Å². The van der Waals surface area contributed by atoms with Gasteiger partial charge in [0.1, 0.15) is 12.6 Å². The molecule has 0 spiro atoms. The molecular formula is C23H26N2O4S. The van der Waals surface area contributed by atoms with E-state index in [1.54, 1.807) is 29.2 Å². The van der Waals surface area contributed by atoms with Gasteiger partial charge in [0, 0.05) is 17.7 Å². The van der Waals surface area contributed by atoms with Gasteiger partial charge in [-0.3, -0.25) is 9.59 Å². The molecule has 7 heteroatoms. The lowest BCUT2D eigenvalue weighted by molar-refractivity contribution is -0.147. The maximum Gasteiger partial charge on any atom is 0.329 e. The average Bonchev–Trinajstić information content (AvgIpc) is 3.26. The molecule has 2 aromatic carbocycles. The Balaban J connectivity index is 1.38. The molecule has 0 aliphatic carbocycles. The number of carbonyl (C=O) groups is 3. The summed E-state index contributed by atoms with van der Waals surface area (Å²) in [6.07, 6.45) is 1.05. The summed E-state index contributed by atoms with van der Waals surface area (Å²) in [5, 5.41) is 2.77. The zero-order chi connectivity index (χ0) is 21.3. The smallest absolute Gasteiger partial charge is 0.329 e. The van der Waals surface area contributed by atoms with E-state index in [-0.39, 0.29) is 25.0 Å². The van der Waals surface area contributed by atoms with E-state index in [4.69, 9.17) is 4.74 Å². The van der Waals surface area contributed by atoms with Crippen molar-refractivity contribution in [2.45, 2.75) is 25.8 Å². The molecule has 30 heavy (non-hydrogen) atoms. The second kappa shape index (κ2) is 10.8. The minimum atomic E-state index is -0.597. The lowest BCUT2D eigenvalue weighted by Gasteiger charge is -2.22. The highest BCUT2D eigenvalue weighted by molar-refractivity contribution is 7.99. The van der Waals surface area contributed by atoms with Crippen molar-refractivity contribution in [2.24, 2.45) is 0 Å². The molecule has 0 saturated carbocycles. The Bertz CT molecular complexity index is 871. The molecule has 1 fully saturated rings. The maximum atomic E-state index is 12.6. The summed E-state index contributed by atoms with van der Waals surface area (Å²) in [5.74, 6) is 0.290. The number of aryl methyl sites for hydroxylation is 2. The molecule has 6 nitrogen and oxygen atoms in total. The molecule has 1 aliphatic rings. The summed E-state index contributed by atoms with van der Waals surface area (Å²) in [6.45, 7) is 2.37. The number of ether oxygens (including phenoxy) is 1. The number of hydrogen-bond donors (Lipinski definition) is 1. The molecule has 1 aliphatic heterocycles. The van der Waals surface area contributed by atoms with Gasteiger partial charge in [-0.25, -0.2) is 4.79 Å². The van der Waals surface area contributed by atoms with Gasteiger partial charge in [-0.05, 0) is 31.0 Å². The van der Waals surface area contributed by atoms with Gasteiger partial charge < -0.3 is 15.0 Å². The fraction of sp³-hybridized carbons (Fsp3) is 0.348. The third-order valence-corrected chi connectivity index (χ3v) is 5.88. The van der Waals surface area contributed by atoms with Crippen LogP contribution in [0.4, 0.5) is 0 Å². The van der Waals surface area contributed by atoms with E-state index in [0.717, 1.165) is 5.56 Å². The van der Waals surface area contributed by atoms with Crippen LogP contribution in [0.25, 0.3) is 0 Å². The Morgan fingerprint density at radius 1 is 1.10 bits per heavy atom. The molecule has 0 unspecified atom stereocenters. The number of amides is 2. The molecular weight excluding hydrogens is 400 g/mol. The summed E-state index contributed by atoms with van der Waals surface area (Å²) >= 11 is 1.53. The Kier molecular flexibility index (Phi) is 7.90. The van der Waals surface area contributed by atoms with E-state index < -0.39 is 12.0 Å². The fourth-order valence-electron chi connectivity index (χ4n) is 3.12. The van der Waals surface area contributed by atoms with Gasteiger partial charge >= 0.3 is 5.97 Å². The van der Waals surface area contributed by atoms with Crippen molar-refractivity contribution >= 4 is 29.5 Å². The number of thioether (sulfide) groups is 1. The van der Waals surface area contributed by atoms with Crippen LogP contribution in [-0.2, 0) is 20.7 Å². The first-order chi connectivity index (χ1) is 14.5. The van der Waals surface area contributed by atoms with Crippen molar-refractivity contribution in [3.05, 3.63) is 71.3 Å².